The Hall–Kier alpha value is -2.70. The summed E-state index contributed by atoms with van der Waals surface area (Å²) in [5, 5.41) is 23.6. The number of unbranched alkanes of at least 4 members (excludes halogenated alkanes) is 20. The number of hydrogen-bond acceptors (Lipinski definition) is 5. The Balaban J connectivity index is 4.73. The monoisotopic (exact) mass is 824 g/mol. The van der Waals surface area contributed by atoms with Gasteiger partial charge in [0.05, 0.1) is 25.2 Å². The molecule has 0 aromatic rings. The van der Waals surface area contributed by atoms with Gasteiger partial charge in [-0.25, -0.2) is 0 Å². The van der Waals surface area contributed by atoms with Crippen molar-refractivity contribution < 1.29 is 24.5 Å². The van der Waals surface area contributed by atoms with Crippen LogP contribution in [-0.4, -0.2) is 46.9 Å². The fourth-order valence-corrected chi connectivity index (χ4v) is 7.06. The second kappa shape index (κ2) is 46.4. The molecule has 0 fully saturated rings. The van der Waals surface area contributed by atoms with Gasteiger partial charge in [-0.1, -0.05) is 203 Å². The number of ether oxygens (including phenoxy) is 1. The van der Waals surface area contributed by atoms with Crippen molar-refractivity contribution in [3.8, 4) is 0 Å². The van der Waals surface area contributed by atoms with Crippen molar-refractivity contribution in [3.05, 3.63) is 72.9 Å². The average Bonchev–Trinajstić information content (AvgIpc) is 3.23. The van der Waals surface area contributed by atoms with Gasteiger partial charge in [-0.05, 0) is 83.5 Å². The Morgan fingerprint density at radius 1 is 0.525 bits per heavy atom. The van der Waals surface area contributed by atoms with Gasteiger partial charge >= 0.3 is 5.97 Å². The lowest BCUT2D eigenvalue weighted by Crippen LogP contribution is -2.46. The molecule has 6 heteroatoms. The van der Waals surface area contributed by atoms with Crippen molar-refractivity contribution in [2.45, 2.75) is 244 Å². The molecule has 0 aliphatic heterocycles. The number of hydrogen-bond donors (Lipinski definition) is 3. The quantitative estimate of drug-likeness (QED) is 0.0246. The molecule has 0 bridgehead atoms. The molecular weight excluding hydrogens is 731 g/mol. The third-order valence-corrected chi connectivity index (χ3v) is 10.8. The van der Waals surface area contributed by atoms with Crippen LogP contribution in [0.2, 0.25) is 0 Å². The molecule has 3 atom stereocenters. The Morgan fingerprint density at radius 3 is 1.53 bits per heavy atom. The Morgan fingerprint density at radius 2 is 0.983 bits per heavy atom. The minimum Gasteiger partial charge on any atom is -0.462 e. The Labute approximate surface area is 364 Å². The largest absolute Gasteiger partial charge is 0.462 e. The summed E-state index contributed by atoms with van der Waals surface area (Å²) >= 11 is 0. The first-order valence-electron chi connectivity index (χ1n) is 24.7. The molecule has 0 saturated carbocycles. The van der Waals surface area contributed by atoms with Crippen LogP contribution in [-0.2, 0) is 14.3 Å². The predicted octanol–water partition coefficient (Wildman–Crippen LogP) is 14.6. The number of allylic oxidation sites excluding steroid dienone is 12. The fraction of sp³-hybridized carbons (Fsp3) is 0.736. The molecule has 0 saturated heterocycles. The average molecular weight is 824 g/mol. The van der Waals surface area contributed by atoms with Gasteiger partial charge in [-0.3, -0.25) is 9.59 Å². The maximum absolute atomic E-state index is 13.2. The van der Waals surface area contributed by atoms with Crippen molar-refractivity contribution in [1.82, 2.24) is 5.32 Å². The molecular formula is C53H93NO5. The molecule has 0 heterocycles. The topological polar surface area (TPSA) is 95.9 Å². The summed E-state index contributed by atoms with van der Waals surface area (Å²) < 4.78 is 5.88. The highest BCUT2D eigenvalue weighted by Crippen LogP contribution is 2.16. The number of esters is 1. The maximum atomic E-state index is 13.2. The van der Waals surface area contributed by atoms with Crippen LogP contribution >= 0.6 is 0 Å². The molecule has 59 heavy (non-hydrogen) atoms. The van der Waals surface area contributed by atoms with E-state index in [-0.39, 0.29) is 24.9 Å². The second-order valence-corrected chi connectivity index (χ2v) is 16.5. The lowest BCUT2D eigenvalue weighted by Gasteiger charge is -2.24. The molecule has 0 spiro atoms. The van der Waals surface area contributed by atoms with Crippen molar-refractivity contribution in [2.24, 2.45) is 0 Å². The van der Waals surface area contributed by atoms with E-state index >= 15 is 0 Å². The van der Waals surface area contributed by atoms with Crippen LogP contribution in [0.4, 0.5) is 0 Å². The Bertz CT molecular complexity index is 1110. The number of rotatable bonds is 43. The van der Waals surface area contributed by atoms with E-state index in [2.05, 4.69) is 99.0 Å². The van der Waals surface area contributed by atoms with E-state index in [9.17, 15) is 19.8 Å². The van der Waals surface area contributed by atoms with Crippen LogP contribution in [0, 0.1) is 0 Å². The minimum absolute atomic E-state index is 0.0289. The third-order valence-electron chi connectivity index (χ3n) is 10.8. The van der Waals surface area contributed by atoms with Crippen LogP contribution in [0.5, 0.6) is 0 Å². The Kier molecular flexibility index (Phi) is 44.2. The van der Waals surface area contributed by atoms with E-state index < -0.39 is 18.2 Å². The van der Waals surface area contributed by atoms with Crippen LogP contribution in [0.15, 0.2) is 72.9 Å². The molecule has 0 radical (unpaired) electrons. The molecule has 0 aliphatic carbocycles. The summed E-state index contributed by atoms with van der Waals surface area (Å²) in [5.41, 5.74) is 0. The number of carbonyl (C=O) groups is 2. The first-order valence-corrected chi connectivity index (χ1v) is 24.7. The third kappa shape index (κ3) is 41.8. The molecule has 0 aromatic carbocycles. The first-order chi connectivity index (χ1) is 29.0. The van der Waals surface area contributed by atoms with Gasteiger partial charge in [0.1, 0.15) is 6.10 Å². The summed E-state index contributed by atoms with van der Waals surface area (Å²) in [6.45, 7) is 6.32. The second-order valence-electron chi connectivity index (χ2n) is 16.5. The lowest BCUT2D eigenvalue weighted by molar-refractivity contribution is -0.151. The van der Waals surface area contributed by atoms with Gasteiger partial charge in [-0.15, -0.1) is 0 Å². The van der Waals surface area contributed by atoms with Crippen molar-refractivity contribution in [1.29, 1.82) is 0 Å². The van der Waals surface area contributed by atoms with E-state index in [1.165, 1.54) is 89.9 Å². The molecule has 3 N–H and O–H groups in total. The number of nitrogens with one attached hydrogen (secondary N) is 1. The van der Waals surface area contributed by atoms with Crippen molar-refractivity contribution in [2.75, 3.05) is 6.61 Å². The highest BCUT2D eigenvalue weighted by atomic mass is 16.5. The molecule has 0 aromatic heterocycles. The summed E-state index contributed by atoms with van der Waals surface area (Å²) in [6, 6.07) is -0.724. The molecule has 340 valence electrons. The smallest absolute Gasteiger partial charge is 0.306 e. The summed E-state index contributed by atoms with van der Waals surface area (Å²) in [7, 11) is 0. The highest BCUT2D eigenvalue weighted by Gasteiger charge is 2.24. The zero-order chi connectivity index (χ0) is 43.1. The van der Waals surface area contributed by atoms with E-state index in [0.29, 0.717) is 19.3 Å². The molecule has 0 aliphatic rings. The van der Waals surface area contributed by atoms with E-state index in [1.807, 2.05) is 0 Å². The van der Waals surface area contributed by atoms with Crippen LogP contribution < -0.4 is 5.32 Å². The van der Waals surface area contributed by atoms with Gasteiger partial charge < -0.3 is 20.3 Å². The number of amides is 1. The van der Waals surface area contributed by atoms with Crippen LogP contribution in [0.1, 0.15) is 226 Å². The summed E-state index contributed by atoms with van der Waals surface area (Å²) in [6.07, 6.45) is 58.2. The van der Waals surface area contributed by atoms with Gasteiger partial charge in [0.25, 0.3) is 0 Å². The minimum atomic E-state index is -0.806. The fourth-order valence-electron chi connectivity index (χ4n) is 7.06. The number of aliphatic hydroxyl groups excluding tert-OH is 2. The lowest BCUT2D eigenvalue weighted by atomic mass is 10.0. The predicted molar refractivity (Wildman–Crippen MR) is 255 cm³/mol. The van der Waals surface area contributed by atoms with E-state index in [0.717, 1.165) is 89.9 Å². The zero-order valence-electron chi connectivity index (χ0n) is 38.6. The number of aliphatic hydroxyl groups is 2. The van der Waals surface area contributed by atoms with Gasteiger partial charge in [0, 0.05) is 6.42 Å². The van der Waals surface area contributed by atoms with E-state index in [4.69, 9.17) is 4.74 Å². The van der Waals surface area contributed by atoms with Crippen molar-refractivity contribution in [3.63, 3.8) is 0 Å². The van der Waals surface area contributed by atoms with E-state index in [1.54, 1.807) is 0 Å². The zero-order valence-corrected chi connectivity index (χ0v) is 38.6. The molecule has 3 unspecified atom stereocenters. The number of carbonyl (C=O) groups excluding carboxylic acids is 2. The standard InChI is InChI=1S/C53H93NO5/c1-4-7-10-13-16-19-22-24-26-27-29-31-34-37-40-43-46-53(58)59-49(44-41-38-35-32-30-28-25-23-20-17-14-11-8-5-2)47-52(57)54-50(48-55)51(56)45-42-39-36-33-21-18-15-12-9-6-3/h7,10,16,19,24,26,28-32,35,49-51,55-56H,4-6,8-9,11-15,17-18,20-23,25,27,33-34,36-48H2,1-3H3,(H,54,57)/b10-7+,19-16+,26-24+,30-28+,31-29+,35-32+. The molecule has 0 rings (SSSR count). The molecule has 6 nitrogen and oxygen atoms in total. The maximum Gasteiger partial charge on any atom is 0.306 e. The summed E-state index contributed by atoms with van der Waals surface area (Å²) in [5.74, 6) is -0.562. The summed E-state index contributed by atoms with van der Waals surface area (Å²) in [4.78, 5) is 26.1. The first kappa shape index (κ1) is 56.3. The van der Waals surface area contributed by atoms with Gasteiger partial charge in [0.2, 0.25) is 5.91 Å². The van der Waals surface area contributed by atoms with Crippen LogP contribution in [0.25, 0.3) is 0 Å². The SMILES string of the molecule is CC/C=C/C/C=C/C/C=C/C/C=C/CCCCCC(=O)OC(CCC/C=C/C=C/CCCCCCCCC)CC(=O)NC(CO)C(O)CCCCCCCCCCCC. The van der Waals surface area contributed by atoms with Crippen LogP contribution in [0.3, 0.4) is 0 Å². The van der Waals surface area contributed by atoms with Gasteiger partial charge in [-0.2, -0.15) is 0 Å². The highest BCUT2D eigenvalue weighted by molar-refractivity contribution is 5.77. The normalized spacial score (nSPS) is 13.9. The van der Waals surface area contributed by atoms with Gasteiger partial charge in [0.15, 0.2) is 0 Å². The molecule has 1 amide bonds. The van der Waals surface area contributed by atoms with Crippen molar-refractivity contribution >= 4 is 11.9 Å².